The highest BCUT2D eigenvalue weighted by atomic mass is 16.5. The van der Waals surface area contributed by atoms with E-state index in [1.165, 1.54) is 0 Å². The predicted molar refractivity (Wildman–Crippen MR) is 123 cm³/mol. The summed E-state index contributed by atoms with van der Waals surface area (Å²) in [6.45, 7) is 20.4. The number of methoxy groups -OCH3 is 1. The van der Waals surface area contributed by atoms with Gasteiger partial charge in [-0.2, -0.15) is 0 Å². The largest absolute Gasteiger partial charge is 0.379 e. The summed E-state index contributed by atoms with van der Waals surface area (Å²) in [5.74, 6) is -0.140. The smallest absolute Gasteiger partial charge is 0.225 e. The van der Waals surface area contributed by atoms with Crippen molar-refractivity contribution in [3.63, 3.8) is 0 Å². The molecule has 0 radical (unpaired) electrons. The summed E-state index contributed by atoms with van der Waals surface area (Å²) in [6.07, 6.45) is 3.65. The van der Waals surface area contributed by atoms with E-state index in [9.17, 15) is 9.59 Å². The van der Waals surface area contributed by atoms with E-state index in [0.29, 0.717) is 19.4 Å². The molecule has 0 unspecified atom stereocenters. The molecule has 2 amide bonds. The summed E-state index contributed by atoms with van der Waals surface area (Å²) in [5.41, 5.74) is -1.70. The predicted octanol–water partition coefficient (Wildman–Crippen LogP) is 4.60. The van der Waals surface area contributed by atoms with E-state index in [1.807, 2.05) is 55.4 Å². The Morgan fingerprint density at radius 3 is 1.87 bits per heavy atom. The second-order valence-electron chi connectivity index (χ2n) is 11.0. The van der Waals surface area contributed by atoms with Gasteiger partial charge in [0.05, 0.1) is 17.3 Å². The standard InChI is InChI=1S/C24H48N2O4/c1-12-18(13-2)30-24(9,10)16-21(3,4)20(28)25-15-14-19(27)26-22(5,6)17-23(7,8)29-11/h18H,12-17H2,1-11H3,(H,25,28)(H,26,27). The normalized spacial score (nSPS) is 13.5. The Balaban J connectivity index is 4.62. The molecule has 0 aromatic heterocycles. The molecule has 0 aromatic rings. The highest BCUT2D eigenvalue weighted by Gasteiger charge is 2.36. The number of ether oxygens (including phenoxy) is 2. The number of rotatable bonds is 14. The Kier molecular flexibility index (Phi) is 11.0. The van der Waals surface area contributed by atoms with Crippen molar-refractivity contribution < 1.29 is 19.1 Å². The average Bonchev–Trinajstić information content (AvgIpc) is 2.57. The zero-order valence-corrected chi connectivity index (χ0v) is 21.5. The molecule has 0 rings (SSSR count). The Hall–Kier alpha value is -1.14. The lowest BCUT2D eigenvalue weighted by molar-refractivity contribution is -0.138. The molecule has 0 bridgehead atoms. The highest BCUT2D eigenvalue weighted by Crippen LogP contribution is 2.32. The van der Waals surface area contributed by atoms with Crippen molar-refractivity contribution in [3.05, 3.63) is 0 Å². The number of nitrogens with one attached hydrogen (secondary N) is 2. The Morgan fingerprint density at radius 2 is 1.40 bits per heavy atom. The molecule has 2 N–H and O–H groups in total. The van der Waals surface area contributed by atoms with Gasteiger partial charge >= 0.3 is 0 Å². The maximum atomic E-state index is 12.7. The fraction of sp³-hybridized carbons (Fsp3) is 0.917. The molecule has 0 spiro atoms. The summed E-state index contributed by atoms with van der Waals surface area (Å²) >= 11 is 0. The van der Waals surface area contributed by atoms with E-state index >= 15 is 0 Å². The van der Waals surface area contributed by atoms with Crippen LogP contribution in [0, 0.1) is 5.41 Å². The lowest BCUT2D eigenvalue weighted by atomic mass is 9.80. The Bertz CT molecular complexity index is 549. The molecule has 0 saturated heterocycles. The molecule has 0 aliphatic heterocycles. The fourth-order valence-corrected chi connectivity index (χ4v) is 4.24. The van der Waals surface area contributed by atoms with Gasteiger partial charge in [-0.15, -0.1) is 0 Å². The number of carbonyl (C=O) groups is 2. The molecule has 0 atom stereocenters. The number of amides is 2. The third-order valence-corrected chi connectivity index (χ3v) is 5.41. The van der Waals surface area contributed by atoms with E-state index in [-0.39, 0.29) is 29.9 Å². The average molecular weight is 429 g/mol. The monoisotopic (exact) mass is 428 g/mol. The minimum absolute atomic E-state index is 0.0590. The van der Waals surface area contributed by atoms with Gasteiger partial charge in [-0.05, 0) is 67.2 Å². The number of hydrogen-bond donors (Lipinski definition) is 2. The van der Waals surface area contributed by atoms with Gasteiger partial charge in [0.25, 0.3) is 0 Å². The van der Waals surface area contributed by atoms with Gasteiger partial charge in [0.1, 0.15) is 0 Å². The summed E-state index contributed by atoms with van der Waals surface area (Å²) in [4.78, 5) is 25.1. The summed E-state index contributed by atoms with van der Waals surface area (Å²) in [7, 11) is 1.67. The second kappa shape index (κ2) is 11.5. The van der Waals surface area contributed by atoms with Crippen molar-refractivity contribution in [2.75, 3.05) is 13.7 Å². The first-order valence-corrected chi connectivity index (χ1v) is 11.3. The molecule has 0 saturated carbocycles. The zero-order valence-electron chi connectivity index (χ0n) is 21.5. The minimum atomic E-state index is -0.590. The first kappa shape index (κ1) is 28.9. The van der Waals surface area contributed by atoms with E-state index in [0.717, 1.165) is 12.8 Å². The highest BCUT2D eigenvalue weighted by molar-refractivity contribution is 5.83. The molecule has 178 valence electrons. The van der Waals surface area contributed by atoms with Crippen molar-refractivity contribution in [1.29, 1.82) is 0 Å². The van der Waals surface area contributed by atoms with Crippen LogP contribution in [0.1, 0.15) is 101 Å². The first-order chi connectivity index (χ1) is 13.5. The van der Waals surface area contributed by atoms with Crippen LogP contribution in [0.2, 0.25) is 0 Å². The molecular weight excluding hydrogens is 380 g/mol. The minimum Gasteiger partial charge on any atom is -0.379 e. The fourth-order valence-electron chi connectivity index (χ4n) is 4.24. The van der Waals surface area contributed by atoms with Crippen molar-refractivity contribution in [2.45, 2.75) is 124 Å². The number of carbonyl (C=O) groups excluding carboxylic acids is 2. The summed E-state index contributed by atoms with van der Waals surface area (Å²) in [5, 5.41) is 5.96. The molecule has 0 aliphatic rings. The van der Waals surface area contributed by atoms with E-state index in [4.69, 9.17) is 9.47 Å². The van der Waals surface area contributed by atoms with Gasteiger partial charge in [-0.1, -0.05) is 27.7 Å². The first-order valence-electron chi connectivity index (χ1n) is 11.3. The number of hydrogen-bond acceptors (Lipinski definition) is 4. The van der Waals surface area contributed by atoms with Gasteiger partial charge < -0.3 is 20.1 Å². The van der Waals surface area contributed by atoms with Crippen LogP contribution >= 0.6 is 0 Å². The third-order valence-electron chi connectivity index (χ3n) is 5.41. The molecule has 30 heavy (non-hydrogen) atoms. The third kappa shape index (κ3) is 11.3. The van der Waals surface area contributed by atoms with Gasteiger partial charge in [0.2, 0.25) is 11.8 Å². The van der Waals surface area contributed by atoms with Crippen LogP contribution in [-0.2, 0) is 19.1 Å². The van der Waals surface area contributed by atoms with Crippen LogP contribution in [0.3, 0.4) is 0 Å². The van der Waals surface area contributed by atoms with Crippen molar-refractivity contribution in [1.82, 2.24) is 10.6 Å². The van der Waals surface area contributed by atoms with Crippen LogP contribution in [-0.4, -0.2) is 48.3 Å². The van der Waals surface area contributed by atoms with Crippen LogP contribution < -0.4 is 10.6 Å². The van der Waals surface area contributed by atoms with Crippen molar-refractivity contribution in [3.8, 4) is 0 Å². The lowest BCUT2D eigenvalue weighted by Gasteiger charge is -2.36. The summed E-state index contributed by atoms with van der Waals surface area (Å²) < 4.78 is 11.7. The van der Waals surface area contributed by atoms with Crippen LogP contribution in [0.25, 0.3) is 0 Å². The summed E-state index contributed by atoms with van der Waals surface area (Å²) in [6, 6.07) is 0. The topological polar surface area (TPSA) is 76.7 Å². The SMILES string of the molecule is CCC(CC)OC(C)(C)CC(C)(C)C(=O)NCCC(=O)NC(C)(C)CC(C)(C)OC. The Morgan fingerprint density at radius 1 is 0.867 bits per heavy atom. The van der Waals surface area contributed by atoms with Crippen LogP contribution in [0.5, 0.6) is 0 Å². The van der Waals surface area contributed by atoms with Crippen LogP contribution in [0.15, 0.2) is 0 Å². The van der Waals surface area contributed by atoms with Crippen LogP contribution in [0.4, 0.5) is 0 Å². The van der Waals surface area contributed by atoms with E-state index in [2.05, 4.69) is 24.5 Å². The maximum Gasteiger partial charge on any atom is 0.225 e. The molecule has 0 fully saturated rings. The van der Waals surface area contributed by atoms with E-state index in [1.54, 1.807) is 7.11 Å². The lowest BCUT2D eigenvalue weighted by Crippen LogP contribution is -2.49. The van der Waals surface area contributed by atoms with Gasteiger partial charge in [-0.3, -0.25) is 9.59 Å². The van der Waals surface area contributed by atoms with Crippen molar-refractivity contribution in [2.24, 2.45) is 5.41 Å². The van der Waals surface area contributed by atoms with Gasteiger partial charge in [-0.25, -0.2) is 0 Å². The molecule has 0 heterocycles. The zero-order chi connectivity index (χ0) is 23.8. The van der Waals surface area contributed by atoms with Gasteiger partial charge in [0.15, 0.2) is 0 Å². The van der Waals surface area contributed by atoms with Crippen molar-refractivity contribution >= 4 is 11.8 Å². The van der Waals surface area contributed by atoms with E-state index < -0.39 is 16.6 Å². The molecule has 6 nitrogen and oxygen atoms in total. The molecule has 6 heteroatoms. The molecule has 0 aliphatic carbocycles. The maximum absolute atomic E-state index is 12.7. The quantitative estimate of drug-likeness (QED) is 0.424. The Labute approximate surface area is 185 Å². The molecule has 0 aromatic carbocycles. The van der Waals surface area contributed by atoms with Gasteiger partial charge in [0, 0.05) is 31.0 Å². The second-order valence-corrected chi connectivity index (χ2v) is 11.0. The molecular formula is C24H48N2O4.